The van der Waals surface area contributed by atoms with E-state index in [1.54, 1.807) is 6.20 Å². The molecule has 22 heavy (non-hydrogen) atoms. The molecule has 1 aromatic carbocycles. The van der Waals surface area contributed by atoms with Gasteiger partial charge in [0.25, 0.3) is 0 Å². The number of hydrogen-bond acceptors (Lipinski definition) is 5. The van der Waals surface area contributed by atoms with Gasteiger partial charge in [0, 0.05) is 31.2 Å². The molecule has 1 saturated heterocycles. The number of nitrogens with zero attached hydrogens (tertiary/aromatic N) is 2. The summed E-state index contributed by atoms with van der Waals surface area (Å²) in [5.74, 6) is 0.724. The van der Waals surface area contributed by atoms with Gasteiger partial charge in [-0.1, -0.05) is 12.1 Å². The van der Waals surface area contributed by atoms with Gasteiger partial charge < -0.3 is 14.6 Å². The highest BCUT2D eigenvalue weighted by Gasteiger charge is 2.16. The largest absolute Gasteiger partial charge is 0.489 e. The Labute approximate surface area is 130 Å². The van der Waals surface area contributed by atoms with E-state index in [9.17, 15) is 5.11 Å². The highest BCUT2D eigenvalue weighted by molar-refractivity contribution is 5.86. The van der Waals surface area contributed by atoms with E-state index in [1.165, 1.54) is 5.56 Å². The highest BCUT2D eigenvalue weighted by atomic mass is 16.5. The first-order chi connectivity index (χ1) is 10.7. The van der Waals surface area contributed by atoms with Crippen LogP contribution < -0.4 is 4.74 Å². The van der Waals surface area contributed by atoms with Gasteiger partial charge in [-0.2, -0.15) is 0 Å². The fraction of sp³-hybridized carbons (Fsp3) is 0.471. The van der Waals surface area contributed by atoms with Crippen LogP contribution in [0.2, 0.25) is 0 Å². The molecule has 118 valence electrons. The Bertz CT molecular complexity index is 626. The molecule has 1 N–H and O–H groups in total. The van der Waals surface area contributed by atoms with Crippen LogP contribution >= 0.6 is 0 Å². The van der Waals surface area contributed by atoms with Gasteiger partial charge in [0.05, 0.1) is 13.2 Å². The fourth-order valence-corrected chi connectivity index (χ4v) is 2.72. The van der Waals surface area contributed by atoms with Crippen LogP contribution in [-0.4, -0.2) is 60.5 Å². The van der Waals surface area contributed by atoms with Crippen molar-refractivity contribution in [3.63, 3.8) is 0 Å². The summed E-state index contributed by atoms with van der Waals surface area (Å²) in [5.41, 5.74) is 2.02. The third kappa shape index (κ3) is 3.55. The molecule has 1 aliphatic heterocycles. The Hall–Kier alpha value is -1.69. The number of benzene rings is 1. The van der Waals surface area contributed by atoms with Crippen molar-refractivity contribution >= 4 is 10.9 Å². The summed E-state index contributed by atoms with van der Waals surface area (Å²) in [4.78, 5) is 6.60. The molecular weight excluding hydrogens is 280 g/mol. The zero-order chi connectivity index (χ0) is 15.4. The molecule has 0 amide bonds. The number of pyridine rings is 1. The van der Waals surface area contributed by atoms with E-state index >= 15 is 0 Å². The third-order valence-electron chi connectivity index (χ3n) is 3.96. The normalized spacial score (nSPS) is 17.5. The number of β-amino-alcohol motifs (C(OH)–C–C–N with tert-alkyl or cyclic N) is 1. The van der Waals surface area contributed by atoms with Crippen LogP contribution in [0.5, 0.6) is 5.75 Å². The van der Waals surface area contributed by atoms with Gasteiger partial charge in [-0.15, -0.1) is 0 Å². The van der Waals surface area contributed by atoms with Gasteiger partial charge in [0.15, 0.2) is 0 Å². The van der Waals surface area contributed by atoms with Crippen LogP contribution in [0.25, 0.3) is 10.9 Å². The summed E-state index contributed by atoms with van der Waals surface area (Å²) in [6.45, 7) is 6.14. The standard InChI is InChI=1S/C17H22N2O3/c1-13-5-6-18-17-15(13)3-2-4-16(17)22-12-14(20)11-19-7-9-21-10-8-19/h2-6,14,20H,7-12H2,1H3. The Morgan fingerprint density at radius 1 is 1.32 bits per heavy atom. The maximum atomic E-state index is 10.2. The number of morpholine rings is 1. The number of aliphatic hydroxyl groups excluding tert-OH is 1. The maximum absolute atomic E-state index is 10.2. The van der Waals surface area contributed by atoms with Crippen molar-refractivity contribution in [2.75, 3.05) is 39.5 Å². The number of aryl methyl sites for hydroxylation is 1. The van der Waals surface area contributed by atoms with E-state index in [2.05, 4.69) is 16.8 Å². The van der Waals surface area contributed by atoms with E-state index < -0.39 is 6.10 Å². The predicted molar refractivity (Wildman–Crippen MR) is 85.2 cm³/mol. The summed E-state index contributed by atoms with van der Waals surface area (Å²) >= 11 is 0. The van der Waals surface area contributed by atoms with Gasteiger partial charge in [0.2, 0.25) is 0 Å². The molecule has 3 rings (SSSR count). The van der Waals surface area contributed by atoms with Crippen molar-refractivity contribution in [1.29, 1.82) is 0 Å². The van der Waals surface area contributed by atoms with Crippen LogP contribution in [0, 0.1) is 6.92 Å². The minimum absolute atomic E-state index is 0.270. The molecule has 5 nitrogen and oxygen atoms in total. The zero-order valence-corrected chi connectivity index (χ0v) is 12.9. The van der Waals surface area contributed by atoms with Crippen LogP contribution in [0.1, 0.15) is 5.56 Å². The molecule has 0 bridgehead atoms. The van der Waals surface area contributed by atoms with Crippen LogP contribution in [0.15, 0.2) is 30.5 Å². The molecule has 1 unspecified atom stereocenters. The Kier molecular flexibility index (Phi) is 4.87. The Balaban J connectivity index is 1.62. The van der Waals surface area contributed by atoms with Crippen LogP contribution in [-0.2, 0) is 4.74 Å². The smallest absolute Gasteiger partial charge is 0.145 e. The van der Waals surface area contributed by atoms with Crippen molar-refractivity contribution in [3.05, 3.63) is 36.0 Å². The first-order valence-electron chi connectivity index (χ1n) is 7.69. The quantitative estimate of drug-likeness (QED) is 0.909. The minimum atomic E-state index is -0.516. The average Bonchev–Trinajstić information content (AvgIpc) is 2.54. The number of para-hydroxylation sites is 1. The van der Waals surface area contributed by atoms with Crippen molar-refractivity contribution in [1.82, 2.24) is 9.88 Å². The van der Waals surface area contributed by atoms with E-state index in [0.717, 1.165) is 43.0 Å². The number of aromatic nitrogens is 1. The number of rotatable bonds is 5. The first-order valence-corrected chi connectivity index (χ1v) is 7.69. The number of hydrogen-bond donors (Lipinski definition) is 1. The first kappa shape index (κ1) is 15.2. The summed E-state index contributed by atoms with van der Waals surface area (Å²) in [7, 11) is 0. The third-order valence-corrected chi connectivity index (χ3v) is 3.96. The second-order valence-corrected chi connectivity index (χ2v) is 5.66. The molecule has 1 atom stereocenters. The SMILES string of the molecule is Cc1ccnc2c(OCC(O)CN3CCOCC3)cccc12. The van der Waals surface area contributed by atoms with Crippen molar-refractivity contribution in [2.24, 2.45) is 0 Å². The fourth-order valence-electron chi connectivity index (χ4n) is 2.72. The molecule has 0 aliphatic carbocycles. The molecule has 1 fully saturated rings. The maximum Gasteiger partial charge on any atom is 0.145 e. The zero-order valence-electron chi connectivity index (χ0n) is 12.9. The van der Waals surface area contributed by atoms with Gasteiger partial charge in [-0.25, -0.2) is 0 Å². The van der Waals surface area contributed by atoms with E-state index in [-0.39, 0.29) is 6.61 Å². The number of fused-ring (bicyclic) bond motifs is 1. The number of ether oxygens (including phenoxy) is 2. The molecule has 5 heteroatoms. The lowest BCUT2D eigenvalue weighted by Gasteiger charge is -2.28. The second-order valence-electron chi connectivity index (χ2n) is 5.66. The molecule has 0 spiro atoms. The monoisotopic (exact) mass is 302 g/mol. The van der Waals surface area contributed by atoms with Gasteiger partial charge in [0.1, 0.15) is 24.0 Å². The van der Waals surface area contributed by atoms with Gasteiger partial charge in [-0.05, 0) is 24.6 Å². The predicted octanol–water partition coefficient (Wildman–Crippen LogP) is 1.62. The molecule has 2 aromatic rings. The molecule has 1 aliphatic rings. The van der Waals surface area contributed by atoms with Gasteiger partial charge >= 0.3 is 0 Å². The summed E-state index contributed by atoms with van der Waals surface area (Å²) in [6, 6.07) is 7.88. The topological polar surface area (TPSA) is 54.8 Å². The average molecular weight is 302 g/mol. The van der Waals surface area contributed by atoms with Crippen molar-refractivity contribution < 1.29 is 14.6 Å². The molecule has 1 aromatic heterocycles. The number of aliphatic hydroxyl groups is 1. The van der Waals surface area contributed by atoms with E-state index in [0.29, 0.717) is 6.54 Å². The molecule has 0 saturated carbocycles. The van der Waals surface area contributed by atoms with E-state index in [1.807, 2.05) is 24.3 Å². The lowest BCUT2D eigenvalue weighted by atomic mass is 10.1. The Morgan fingerprint density at radius 3 is 2.95 bits per heavy atom. The lowest BCUT2D eigenvalue weighted by molar-refractivity contribution is 0.00478. The Morgan fingerprint density at radius 2 is 2.14 bits per heavy atom. The molecule has 0 radical (unpaired) electrons. The minimum Gasteiger partial charge on any atom is -0.489 e. The van der Waals surface area contributed by atoms with E-state index in [4.69, 9.17) is 9.47 Å². The van der Waals surface area contributed by atoms with Crippen LogP contribution in [0.3, 0.4) is 0 Å². The molecule has 2 heterocycles. The molecular formula is C17H22N2O3. The summed E-state index contributed by atoms with van der Waals surface area (Å²) < 4.78 is 11.1. The summed E-state index contributed by atoms with van der Waals surface area (Å²) in [5, 5.41) is 11.2. The second kappa shape index (κ2) is 7.05. The van der Waals surface area contributed by atoms with Crippen molar-refractivity contribution in [2.45, 2.75) is 13.0 Å². The van der Waals surface area contributed by atoms with Crippen molar-refractivity contribution in [3.8, 4) is 5.75 Å². The summed E-state index contributed by atoms with van der Waals surface area (Å²) in [6.07, 6.45) is 1.27. The highest BCUT2D eigenvalue weighted by Crippen LogP contribution is 2.25. The van der Waals surface area contributed by atoms with Gasteiger partial charge in [-0.3, -0.25) is 9.88 Å². The lowest BCUT2D eigenvalue weighted by Crippen LogP contribution is -2.42. The van der Waals surface area contributed by atoms with Crippen LogP contribution in [0.4, 0.5) is 0 Å².